The van der Waals surface area contributed by atoms with Crippen LogP contribution in [0.2, 0.25) is 0 Å². The predicted octanol–water partition coefficient (Wildman–Crippen LogP) is 1.66. The Labute approximate surface area is 94.5 Å². The molecular formula is C11H18N2O3. The van der Waals surface area contributed by atoms with Gasteiger partial charge in [0.15, 0.2) is 0 Å². The molecule has 0 radical (unpaired) electrons. The number of hydrogen-bond acceptors (Lipinski definition) is 4. The third-order valence-electron chi connectivity index (χ3n) is 2.37. The molecule has 0 saturated carbocycles. The van der Waals surface area contributed by atoms with E-state index in [1.807, 2.05) is 13.8 Å². The van der Waals surface area contributed by atoms with Crippen molar-refractivity contribution in [1.29, 1.82) is 0 Å². The zero-order valence-corrected chi connectivity index (χ0v) is 9.91. The Bertz CT molecular complexity index is 395. The van der Waals surface area contributed by atoms with Crippen molar-refractivity contribution in [3.63, 3.8) is 0 Å². The Hall–Kier alpha value is -1.36. The molecular weight excluding hydrogens is 208 g/mol. The third kappa shape index (κ3) is 2.82. The van der Waals surface area contributed by atoms with Crippen LogP contribution in [0.25, 0.3) is 0 Å². The maximum atomic E-state index is 11.5. The lowest BCUT2D eigenvalue weighted by molar-refractivity contribution is 0.0487. The minimum absolute atomic E-state index is 0.223. The Morgan fingerprint density at radius 2 is 2.19 bits per heavy atom. The van der Waals surface area contributed by atoms with Crippen LogP contribution in [0.3, 0.4) is 0 Å². The molecule has 1 rings (SSSR count). The van der Waals surface area contributed by atoms with Crippen molar-refractivity contribution in [2.75, 3.05) is 6.61 Å². The number of aromatic hydroxyl groups is 1. The molecule has 0 aromatic carbocycles. The molecule has 5 heteroatoms. The van der Waals surface area contributed by atoms with Gasteiger partial charge < -0.3 is 14.8 Å². The Balaban J connectivity index is 3.05. The van der Waals surface area contributed by atoms with Crippen molar-refractivity contribution in [3.05, 3.63) is 21.7 Å². The summed E-state index contributed by atoms with van der Waals surface area (Å²) >= 11 is 0. The van der Waals surface area contributed by atoms with E-state index in [9.17, 15) is 9.90 Å². The summed E-state index contributed by atoms with van der Waals surface area (Å²) in [5.41, 5.74) is -0.0844. The Kier molecular flexibility index (Phi) is 4.49. The highest BCUT2D eigenvalue weighted by Crippen LogP contribution is 2.20. The van der Waals surface area contributed by atoms with Crippen molar-refractivity contribution in [2.45, 2.75) is 39.7 Å². The van der Waals surface area contributed by atoms with Gasteiger partial charge in [0.1, 0.15) is 11.9 Å². The molecule has 0 fully saturated rings. The summed E-state index contributed by atoms with van der Waals surface area (Å²) in [6, 6.07) is 0. The van der Waals surface area contributed by atoms with E-state index in [4.69, 9.17) is 4.74 Å². The highest BCUT2D eigenvalue weighted by atomic mass is 16.5. The summed E-state index contributed by atoms with van der Waals surface area (Å²) in [5, 5.41) is 9.48. The first kappa shape index (κ1) is 12.7. The molecule has 0 saturated heterocycles. The van der Waals surface area contributed by atoms with Crippen molar-refractivity contribution in [2.24, 2.45) is 0 Å². The molecule has 0 bridgehead atoms. The first-order chi connectivity index (χ1) is 7.60. The molecule has 0 amide bonds. The summed E-state index contributed by atoms with van der Waals surface area (Å²) in [7, 11) is 0. The van der Waals surface area contributed by atoms with Crippen LogP contribution in [-0.4, -0.2) is 21.7 Å². The van der Waals surface area contributed by atoms with Crippen LogP contribution in [-0.2, 0) is 4.74 Å². The second-order valence-corrected chi connectivity index (χ2v) is 3.63. The average molecular weight is 226 g/mol. The highest BCUT2D eigenvalue weighted by Gasteiger charge is 2.15. The molecule has 1 aromatic rings. The standard InChI is InChI=1S/C11H18N2O3/c1-4-6-8(16-5-2)9-12-10(14)7(3)11(15)13-9/h8H,4-6H2,1-3H3,(H2,12,13,14,15). The first-order valence-electron chi connectivity index (χ1n) is 5.51. The number of ether oxygens (including phenoxy) is 1. The fourth-order valence-electron chi connectivity index (χ4n) is 1.45. The van der Waals surface area contributed by atoms with Crippen LogP contribution in [0.1, 0.15) is 44.2 Å². The molecule has 0 aliphatic carbocycles. The lowest BCUT2D eigenvalue weighted by Gasteiger charge is -2.15. The SMILES string of the molecule is CCCC(OCC)c1nc(O)c(C)c(=O)[nH]1. The third-order valence-corrected chi connectivity index (χ3v) is 2.37. The zero-order chi connectivity index (χ0) is 12.1. The number of nitrogens with one attached hydrogen (secondary N) is 1. The predicted molar refractivity (Wildman–Crippen MR) is 60.5 cm³/mol. The van der Waals surface area contributed by atoms with Gasteiger partial charge in [-0.25, -0.2) is 0 Å². The fraction of sp³-hybridized carbons (Fsp3) is 0.636. The summed E-state index contributed by atoms with van der Waals surface area (Å²) in [5.74, 6) is 0.177. The van der Waals surface area contributed by atoms with Gasteiger partial charge >= 0.3 is 0 Å². The van der Waals surface area contributed by atoms with Gasteiger partial charge in [0.25, 0.3) is 5.56 Å². The monoisotopic (exact) mass is 226 g/mol. The second-order valence-electron chi connectivity index (χ2n) is 3.63. The zero-order valence-electron chi connectivity index (χ0n) is 9.91. The summed E-state index contributed by atoms with van der Waals surface area (Å²) < 4.78 is 5.47. The number of H-pyrrole nitrogens is 1. The quantitative estimate of drug-likeness (QED) is 0.800. The van der Waals surface area contributed by atoms with Gasteiger partial charge in [-0.05, 0) is 20.3 Å². The van der Waals surface area contributed by atoms with E-state index in [1.54, 1.807) is 0 Å². The molecule has 16 heavy (non-hydrogen) atoms. The lowest BCUT2D eigenvalue weighted by Crippen LogP contribution is -2.18. The number of aromatic amines is 1. The van der Waals surface area contributed by atoms with Gasteiger partial charge in [0.05, 0.1) is 5.56 Å². The van der Waals surface area contributed by atoms with E-state index < -0.39 is 0 Å². The van der Waals surface area contributed by atoms with Crippen LogP contribution < -0.4 is 5.56 Å². The van der Waals surface area contributed by atoms with E-state index >= 15 is 0 Å². The van der Waals surface area contributed by atoms with Crippen molar-refractivity contribution < 1.29 is 9.84 Å². The molecule has 5 nitrogen and oxygen atoms in total. The van der Waals surface area contributed by atoms with Crippen molar-refractivity contribution in [3.8, 4) is 5.88 Å². The molecule has 90 valence electrons. The Morgan fingerprint density at radius 1 is 1.50 bits per heavy atom. The second kappa shape index (κ2) is 5.65. The number of hydrogen-bond donors (Lipinski definition) is 2. The van der Waals surface area contributed by atoms with Crippen LogP contribution in [0.15, 0.2) is 4.79 Å². The van der Waals surface area contributed by atoms with Crippen LogP contribution in [0.5, 0.6) is 5.88 Å². The van der Waals surface area contributed by atoms with Gasteiger partial charge in [-0.15, -0.1) is 0 Å². The largest absolute Gasteiger partial charge is 0.493 e. The van der Waals surface area contributed by atoms with E-state index in [0.717, 1.165) is 12.8 Å². The van der Waals surface area contributed by atoms with E-state index in [2.05, 4.69) is 9.97 Å². The summed E-state index contributed by atoms with van der Waals surface area (Å²) in [4.78, 5) is 18.0. The van der Waals surface area contributed by atoms with E-state index in [-0.39, 0.29) is 23.1 Å². The molecule has 1 atom stereocenters. The average Bonchev–Trinajstić information content (AvgIpc) is 2.25. The first-order valence-corrected chi connectivity index (χ1v) is 5.51. The highest BCUT2D eigenvalue weighted by molar-refractivity contribution is 5.20. The molecule has 0 spiro atoms. The van der Waals surface area contributed by atoms with Crippen molar-refractivity contribution in [1.82, 2.24) is 9.97 Å². The Morgan fingerprint density at radius 3 is 2.69 bits per heavy atom. The number of rotatable bonds is 5. The van der Waals surface area contributed by atoms with E-state index in [1.165, 1.54) is 6.92 Å². The van der Waals surface area contributed by atoms with Crippen LogP contribution >= 0.6 is 0 Å². The summed E-state index contributed by atoms with van der Waals surface area (Å²) in [6.07, 6.45) is 1.43. The maximum Gasteiger partial charge on any atom is 0.257 e. The minimum atomic E-state index is -0.316. The van der Waals surface area contributed by atoms with Gasteiger partial charge in [-0.3, -0.25) is 4.79 Å². The topological polar surface area (TPSA) is 75.2 Å². The van der Waals surface area contributed by atoms with Crippen LogP contribution in [0, 0.1) is 6.92 Å². The van der Waals surface area contributed by atoms with Crippen LogP contribution in [0.4, 0.5) is 0 Å². The lowest BCUT2D eigenvalue weighted by atomic mass is 10.2. The van der Waals surface area contributed by atoms with Gasteiger partial charge in [-0.2, -0.15) is 4.98 Å². The normalized spacial score (nSPS) is 12.7. The fourth-order valence-corrected chi connectivity index (χ4v) is 1.45. The smallest absolute Gasteiger partial charge is 0.257 e. The van der Waals surface area contributed by atoms with E-state index in [0.29, 0.717) is 12.4 Å². The van der Waals surface area contributed by atoms with Gasteiger partial charge in [0.2, 0.25) is 5.88 Å². The number of nitrogens with zero attached hydrogens (tertiary/aromatic N) is 1. The van der Waals surface area contributed by atoms with Gasteiger partial charge in [0, 0.05) is 6.61 Å². The minimum Gasteiger partial charge on any atom is -0.493 e. The van der Waals surface area contributed by atoms with Gasteiger partial charge in [-0.1, -0.05) is 13.3 Å². The molecule has 0 aliphatic rings. The van der Waals surface area contributed by atoms with Crippen molar-refractivity contribution >= 4 is 0 Å². The molecule has 0 aliphatic heterocycles. The molecule has 2 N–H and O–H groups in total. The molecule has 1 aromatic heterocycles. The maximum absolute atomic E-state index is 11.5. The number of aromatic nitrogens is 2. The molecule has 1 unspecified atom stereocenters. The molecule has 1 heterocycles. The summed E-state index contributed by atoms with van der Waals surface area (Å²) in [6.45, 7) is 5.98.